The van der Waals surface area contributed by atoms with Crippen molar-refractivity contribution in [3.63, 3.8) is 0 Å². The third kappa shape index (κ3) is 2.38. The van der Waals surface area contributed by atoms with E-state index in [1.54, 1.807) is 18.7 Å². The zero-order chi connectivity index (χ0) is 13.1. The molecule has 3 rings (SSSR count). The molecule has 3 aromatic rings. The Hall–Kier alpha value is -2.49. The van der Waals surface area contributed by atoms with Gasteiger partial charge in [-0.15, -0.1) is 0 Å². The first-order valence-corrected chi connectivity index (χ1v) is 6.14. The molecular weight excluding hydrogens is 236 g/mol. The van der Waals surface area contributed by atoms with Crippen molar-refractivity contribution in [1.29, 1.82) is 0 Å². The molecule has 0 saturated carbocycles. The van der Waals surface area contributed by atoms with Crippen molar-refractivity contribution in [2.45, 2.75) is 6.54 Å². The van der Waals surface area contributed by atoms with Crippen molar-refractivity contribution in [3.8, 4) is 0 Å². The van der Waals surface area contributed by atoms with Crippen molar-refractivity contribution in [2.75, 3.05) is 11.9 Å². The van der Waals surface area contributed by atoms with Gasteiger partial charge in [-0.2, -0.15) is 0 Å². The summed E-state index contributed by atoms with van der Waals surface area (Å²) in [6.45, 7) is 0.795. The van der Waals surface area contributed by atoms with Crippen molar-refractivity contribution >= 4 is 16.7 Å². The van der Waals surface area contributed by atoms with E-state index in [0.717, 1.165) is 23.3 Å². The van der Waals surface area contributed by atoms with Gasteiger partial charge in [0, 0.05) is 31.4 Å². The van der Waals surface area contributed by atoms with E-state index in [0.29, 0.717) is 0 Å². The number of pyridine rings is 1. The average molecular weight is 250 g/mol. The van der Waals surface area contributed by atoms with Crippen LogP contribution in [0.2, 0.25) is 0 Å². The Morgan fingerprint density at radius 2 is 1.79 bits per heavy atom. The predicted octanol–water partition coefficient (Wildman–Crippen LogP) is 2.66. The molecule has 0 N–H and O–H groups in total. The van der Waals surface area contributed by atoms with Gasteiger partial charge in [-0.1, -0.05) is 12.1 Å². The van der Waals surface area contributed by atoms with Gasteiger partial charge >= 0.3 is 0 Å². The second-order valence-electron chi connectivity index (χ2n) is 4.43. The molecule has 0 spiro atoms. The lowest BCUT2D eigenvalue weighted by molar-refractivity contribution is 0.897. The summed E-state index contributed by atoms with van der Waals surface area (Å²) in [6.07, 6.45) is 5.23. The smallest absolute Gasteiger partial charge is 0.139 e. The summed E-state index contributed by atoms with van der Waals surface area (Å²) in [5, 5.41) is 1.07. The van der Waals surface area contributed by atoms with Crippen LogP contribution >= 0.6 is 0 Å². The van der Waals surface area contributed by atoms with Gasteiger partial charge in [-0.3, -0.25) is 4.98 Å². The number of nitrogens with zero attached hydrogens (tertiary/aromatic N) is 4. The first kappa shape index (κ1) is 11.6. The molecule has 0 aliphatic rings. The third-order valence-electron chi connectivity index (χ3n) is 3.05. The maximum absolute atomic E-state index is 4.40. The monoisotopic (exact) mass is 250 g/mol. The molecule has 0 atom stereocenters. The lowest BCUT2D eigenvalue weighted by Crippen LogP contribution is -2.18. The fourth-order valence-electron chi connectivity index (χ4n) is 2.13. The van der Waals surface area contributed by atoms with Crippen LogP contribution in [-0.2, 0) is 6.54 Å². The Balaban J connectivity index is 1.96. The number of anilines is 1. The molecule has 2 aromatic heterocycles. The maximum Gasteiger partial charge on any atom is 0.139 e. The zero-order valence-corrected chi connectivity index (χ0v) is 10.7. The minimum Gasteiger partial charge on any atom is -0.355 e. The summed E-state index contributed by atoms with van der Waals surface area (Å²) < 4.78 is 0. The normalized spacial score (nSPS) is 10.6. The van der Waals surface area contributed by atoms with Crippen LogP contribution in [0, 0.1) is 0 Å². The van der Waals surface area contributed by atoms with Gasteiger partial charge < -0.3 is 4.90 Å². The molecule has 0 radical (unpaired) electrons. The van der Waals surface area contributed by atoms with Crippen LogP contribution in [0.25, 0.3) is 10.9 Å². The van der Waals surface area contributed by atoms with E-state index >= 15 is 0 Å². The highest BCUT2D eigenvalue weighted by atomic mass is 15.2. The van der Waals surface area contributed by atoms with Crippen LogP contribution in [0.4, 0.5) is 5.82 Å². The molecule has 0 aliphatic carbocycles. The Morgan fingerprint density at radius 1 is 1.00 bits per heavy atom. The number of fused-ring (bicyclic) bond motifs is 1. The van der Waals surface area contributed by atoms with Crippen LogP contribution in [0.3, 0.4) is 0 Å². The summed E-state index contributed by atoms with van der Waals surface area (Å²) >= 11 is 0. The molecule has 4 nitrogen and oxygen atoms in total. The van der Waals surface area contributed by atoms with Crippen LogP contribution in [0.5, 0.6) is 0 Å². The Kier molecular flexibility index (Phi) is 3.06. The standard InChI is InChI=1S/C15H14N4/c1-19(10-12-6-8-16-9-7-12)15-13-4-2-3-5-14(13)17-11-18-15/h2-9,11H,10H2,1H3. The van der Waals surface area contributed by atoms with E-state index < -0.39 is 0 Å². The van der Waals surface area contributed by atoms with Crippen LogP contribution in [-0.4, -0.2) is 22.0 Å². The van der Waals surface area contributed by atoms with Crippen LogP contribution < -0.4 is 4.90 Å². The highest BCUT2D eigenvalue weighted by molar-refractivity contribution is 5.89. The number of hydrogen-bond acceptors (Lipinski definition) is 4. The SMILES string of the molecule is CN(Cc1ccncc1)c1ncnc2ccccc12. The van der Waals surface area contributed by atoms with Gasteiger partial charge in [0.15, 0.2) is 0 Å². The highest BCUT2D eigenvalue weighted by Crippen LogP contribution is 2.22. The number of aromatic nitrogens is 3. The minimum atomic E-state index is 0.795. The topological polar surface area (TPSA) is 41.9 Å². The van der Waals surface area contributed by atoms with Gasteiger partial charge in [-0.05, 0) is 29.8 Å². The average Bonchev–Trinajstić information content (AvgIpc) is 2.47. The molecule has 0 bridgehead atoms. The summed E-state index contributed by atoms with van der Waals surface area (Å²) in [6, 6.07) is 12.1. The number of rotatable bonds is 3. The number of benzene rings is 1. The predicted molar refractivity (Wildman–Crippen MR) is 75.9 cm³/mol. The van der Waals surface area contributed by atoms with E-state index in [1.807, 2.05) is 43.4 Å². The molecule has 19 heavy (non-hydrogen) atoms. The first-order chi connectivity index (χ1) is 9.34. The Morgan fingerprint density at radius 3 is 2.63 bits per heavy atom. The van der Waals surface area contributed by atoms with E-state index in [-0.39, 0.29) is 0 Å². The van der Waals surface area contributed by atoms with E-state index in [4.69, 9.17) is 0 Å². The molecule has 0 amide bonds. The van der Waals surface area contributed by atoms with Gasteiger partial charge in [0.25, 0.3) is 0 Å². The van der Waals surface area contributed by atoms with Crippen molar-refractivity contribution in [2.24, 2.45) is 0 Å². The van der Waals surface area contributed by atoms with Gasteiger partial charge in [0.2, 0.25) is 0 Å². The van der Waals surface area contributed by atoms with Gasteiger partial charge in [0.1, 0.15) is 12.1 Å². The van der Waals surface area contributed by atoms with Crippen LogP contribution in [0.15, 0.2) is 55.1 Å². The van der Waals surface area contributed by atoms with Crippen molar-refractivity contribution < 1.29 is 0 Å². The van der Waals surface area contributed by atoms with Crippen LogP contribution in [0.1, 0.15) is 5.56 Å². The number of hydrogen-bond donors (Lipinski definition) is 0. The highest BCUT2D eigenvalue weighted by Gasteiger charge is 2.08. The lowest BCUT2D eigenvalue weighted by Gasteiger charge is -2.19. The number of para-hydroxylation sites is 1. The molecule has 2 heterocycles. The molecule has 1 aromatic carbocycles. The molecule has 94 valence electrons. The fourth-order valence-corrected chi connectivity index (χ4v) is 2.13. The van der Waals surface area contributed by atoms with Gasteiger partial charge in [-0.25, -0.2) is 9.97 Å². The molecule has 0 unspecified atom stereocenters. The quantitative estimate of drug-likeness (QED) is 0.716. The van der Waals surface area contributed by atoms with E-state index in [9.17, 15) is 0 Å². The Bertz CT molecular complexity index is 677. The van der Waals surface area contributed by atoms with E-state index in [1.165, 1.54) is 5.56 Å². The van der Waals surface area contributed by atoms with Crippen molar-refractivity contribution in [1.82, 2.24) is 15.0 Å². The summed E-state index contributed by atoms with van der Waals surface area (Å²) in [4.78, 5) is 14.8. The Labute approximate surface area is 111 Å². The fraction of sp³-hybridized carbons (Fsp3) is 0.133. The summed E-state index contributed by atoms with van der Waals surface area (Å²) in [5.41, 5.74) is 2.18. The van der Waals surface area contributed by atoms with Gasteiger partial charge in [0.05, 0.1) is 5.52 Å². The molecule has 0 fully saturated rings. The zero-order valence-electron chi connectivity index (χ0n) is 10.7. The molecule has 4 heteroatoms. The molecule has 0 saturated heterocycles. The molecular formula is C15H14N4. The lowest BCUT2D eigenvalue weighted by atomic mass is 10.2. The summed E-state index contributed by atoms with van der Waals surface area (Å²) in [5.74, 6) is 0.947. The molecule has 0 aliphatic heterocycles. The largest absolute Gasteiger partial charge is 0.355 e. The van der Waals surface area contributed by atoms with Crippen molar-refractivity contribution in [3.05, 3.63) is 60.7 Å². The second-order valence-corrected chi connectivity index (χ2v) is 4.43. The maximum atomic E-state index is 4.40. The first-order valence-electron chi connectivity index (χ1n) is 6.14. The minimum absolute atomic E-state index is 0.795. The second kappa shape index (κ2) is 5.02. The van der Waals surface area contributed by atoms with E-state index in [2.05, 4.69) is 19.9 Å². The third-order valence-corrected chi connectivity index (χ3v) is 3.05. The summed E-state index contributed by atoms with van der Waals surface area (Å²) in [7, 11) is 2.04.